The number of rotatable bonds is 6. The van der Waals surface area contributed by atoms with Crippen LogP contribution in [0.2, 0.25) is 5.02 Å². The molecule has 0 radical (unpaired) electrons. The molecule has 0 bridgehead atoms. The summed E-state index contributed by atoms with van der Waals surface area (Å²) in [5, 5.41) is 19.6. The zero-order valence-corrected chi connectivity index (χ0v) is 15.0. The molecule has 2 aromatic heterocycles. The van der Waals surface area contributed by atoms with Gasteiger partial charge in [-0.15, -0.1) is 5.10 Å². The molecular weight excluding hydrogens is 376 g/mol. The highest BCUT2D eigenvalue weighted by Gasteiger charge is 2.40. The highest BCUT2D eigenvalue weighted by molar-refractivity contribution is 6.30. The SMILES string of the molecule is C[C@]1(Cn2cc(COc3cccc(Cl)c3)nn2)Cn2cc([N+](=O)[O-])nc2O1. The normalized spacial score (nSPS) is 18.1. The third-order valence-electron chi connectivity index (χ3n) is 4.02. The first-order chi connectivity index (χ1) is 12.9. The maximum absolute atomic E-state index is 10.8. The van der Waals surface area contributed by atoms with E-state index in [0.29, 0.717) is 29.6 Å². The fourth-order valence-corrected chi connectivity index (χ4v) is 3.08. The van der Waals surface area contributed by atoms with Crippen LogP contribution in [0, 0.1) is 10.1 Å². The van der Waals surface area contributed by atoms with Crippen LogP contribution in [-0.2, 0) is 19.7 Å². The molecule has 1 aliphatic heterocycles. The van der Waals surface area contributed by atoms with Crippen molar-refractivity contribution in [3.05, 3.63) is 57.5 Å². The average molecular weight is 391 g/mol. The van der Waals surface area contributed by atoms with Crippen molar-refractivity contribution in [2.45, 2.75) is 32.2 Å². The second kappa shape index (κ2) is 6.54. The van der Waals surface area contributed by atoms with Gasteiger partial charge in [-0.05, 0) is 30.0 Å². The number of halogens is 1. The van der Waals surface area contributed by atoms with Crippen molar-refractivity contribution in [1.29, 1.82) is 0 Å². The van der Waals surface area contributed by atoms with E-state index in [0.717, 1.165) is 0 Å². The third kappa shape index (κ3) is 3.70. The Morgan fingerprint density at radius 1 is 1.44 bits per heavy atom. The monoisotopic (exact) mass is 390 g/mol. The summed E-state index contributed by atoms with van der Waals surface area (Å²) in [7, 11) is 0. The predicted octanol–water partition coefficient (Wildman–Crippen LogP) is 2.47. The lowest BCUT2D eigenvalue weighted by Crippen LogP contribution is -2.36. The van der Waals surface area contributed by atoms with E-state index in [2.05, 4.69) is 15.3 Å². The number of hydrogen-bond donors (Lipinski definition) is 0. The minimum atomic E-state index is -0.629. The Morgan fingerprint density at radius 3 is 3.04 bits per heavy atom. The van der Waals surface area contributed by atoms with Gasteiger partial charge < -0.3 is 19.6 Å². The number of nitro groups is 1. The quantitative estimate of drug-likeness (QED) is 0.469. The highest BCUT2D eigenvalue weighted by Crippen LogP contribution is 2.31. The van der Waals surface area contributed by atoms with Crippen LogP contribution < -0.4 is 9.47 Å². The lowest BCUT2D eigenvalue weighted by atomic mass is 10.1. The summed E-state index contributed by atoms with van der Waals surface area (Å²) in [5.41, 5.74) is 0.0286. The van der Waals surface area contributed by atoms with Crippen LogP contribution in [-0.4, -0.2) is 35.1 Å². The number of aromatic nitrogens is 5. The van der Waals surface area contributed by atoms with Gasteiger partial charge in [0.05, 0.1) is 19.3 Å². The molecule has 1 aliphatic rings. The van der Waals surface area contributed by atoms with Crippen molar-refractivity contribution in [2.75, 3.05) is 0 Å². The Bertz CT molecular complexity index is 977. The fraction of sp³-hybridized carbons (Fsp3) is 0.312. The Morgan fingerprint density at radius 2 is 2.30 bits per heavy atom. The van der Waals surface area contributed by atoms with Gasteiger partial charge >= 0.3 is 11.8 Å². The lowest BCUT2D eigenvalue weighted by Gasteiger charge is -2.21. The van der Waals surface area contributed by atoms with E-state index in [1.807, 2.05) is 13.0 Å². The van der Waals surface area contributed by atoms with Gasteiger partial charge in [-0.25, -0.2) is 4.68 Å². The van der Waals surface area contributed by atoms with Crippen molar-refractivity contribution in [1.82, 2.24) is 24.5 Å². The molecule has 1 aromatic carbocycles. The van der Waals surface area contributed by atoms with Crippen LogP contribution >= 0.6 is 11.6 Å². The zero-order chi connectivity index (χ0) is 19.0. The van der Waals surface area contributed by atoms with Gasteiger partial charge in [0.2, 0.25) is 0 Å². The van der Waals surface area contributed by atoms with E-state index < -0.39 is 10.5 Å². The van der Waals surface area contributed by atoms with E-state index in [4.69, 9.17) is 21.1 Å². The molecule has 27 heavy (non-hydrogen) atoms. The summed E-state index contributed by atoms with van der Waals surface area (Å²) >= 11 is 5.93. The lowest BCUT2D eigenvalue weighted by molar-refractivity contribution is -0.389. The van der Waals surface area contributed by atoms with Crippen molar-refractivity contribution in [3.8, 4) is 11.8 Å². The van der Waals surface area contributed by atoms with Crippen molar-refractivity contribution >= 4 is 17.4 Å². The summed E-state index contributed by atoms with van der Waals surface area (Å²) in [4.78, 5) is 14.1. The Balaban J connectivity index is 1.37. The molecule has 11 heteroatoms. The molecule has 4 rings (SSSR count). The van der Waals surface area contributed by atoms with Crippen LogP contribution in [0.1, 0.15) is 12.6 Å². The molecule has 0 amide bonds. The molecule has 0 fully saturated rings. The average Bonchev–Trinajstić information content (AvgIpc) is 3.26. The first-order valence-corrected chi connectivity index (χ1v) is 8.46. The maximum atomic E-state index is 10.8. The molecule has 0 saturated carbocycles. The van der Waals surface area contributed by atoms with Crippen molar-refractivity contribution in [2.24, 2.45) is 0 Å². The number of fused-ring (bicyclic) bond motifs is 1. The minimum Gasteiger partial charge on any atom is -0.487 e. The summed E-state index contributed by atoms with van der Waals surface area (Å²) in [5.74, 6) is 0.420. The van der Waals surface area contributed by atoms with Crippen molar-refractivity contribution in [3.63, 3.8) is 0 Å². The van der Waals surface area contributed by atoms with Crippen LogP contribution in [0.4, 0.5) is 5.82 Å². The number of hydrogen-bond acceptors (Lipinski definition) is 7. The Kier molecular flexibility index (Phi) is 4.19. The first kappa shape index (κ1) is 17.3. The fourth-order valence-electron chi connectivity index (χ4n) is 2.90. The van der Waals surface area contributed by atoms with Gasteiger partial charge in [0.15, 0.2) is 0 Å². The first-order valence-electron chi connectivity index (χ1n) is 8.08. The van der Waals surface area contributed by atoms with Crippen LogP contribution in [0.25, 0.3) is 0 Å². The molecule has 3 heterocycles. The Hall–Kier alpha value is -3.14. The number of ether oxygens (including phenoxy) is 2. The summed E-state index contributed by atoms with van der Waals surface area (Å²) in [6, 6.07) is 7.34. The summed E-state index contributed by atoms with van der Waals surface area (Å²) in [6.45, 7) is 2.98. The van der Waals surface area contributed by atoms with Crippen LogP contribution in [0.5, 0.6) is 11.8 Å². The van der Waals surface area contributed by atoms with Crippen LogP contribution in [0.3, 0.4) is 0 Å². The molecule has 1 atom stereocenters. The molecule has 0 N–H and O–H groups in total. The van der Waals surface area contributed by atoms with E-state index in [-0.39, 0.29) is 18.4 Å². The smallest absolute Gasteiger partial charge is 0.415 e. The molecule has 0 saturated heterocycles. The zero-order valence-electron chi connectivity index (χ0n) is 14.3. The third-order valence-corrected chi connectivity index (χ3v) is 4.26. The highest BCUT2D eigenvalue weighted by atomic mass is 35.5. The molecule has 0 unspecified atom stereocenters. The number of imidazole rings is 1. The molecular formula is C16H15ClN6O4. The van der Waals surface area contributed by atoms with Gasteiger partial charge in [0, 0.05) is 10.0 Å². The second-order valence-electron chi connectivity index (χ2n) is 6.47. The van der Waals surface area contributed by atoms with E-state index in [1.165, 1.54) is 6.20 Å². The summed E-state index contributed by atoms with van der Waals surface area (Å²) in [6.07, 6.45) is 3.13. The largest absolute Gasteiger partial charge is 0.487 e. The number of benzene rings is 1. The van der Waals surface area contributed by atoms with Crippen molar-refractivity contribution < 1.29 is 14.4 Å². The van der Waals surface area contributed by atoms with Gasteiger partial charge in [-0.1, -0.05) is 22.9 Å². The van der Waals surface area contributed by atoms with E-state index in [1.54, 1.807) is 33.6 Å². The predicted molar refractivity (Wildman–Crippen MR) is 93.7 cm³/mol. The van der Waals surface area contributed by atoms with Gasteiger partial charge in [-0.2, -0.15) is 0 Å². The second-order valence-corrected chi connectivity index (χ2v) is 6.91. The van der Waals surface area contributed by atoms with Gasteiger partial charge in [0.25, 0.3) is 0 Å². The minimum absolute atomic E-state index is 0.228. The van der Waals surface area contributed by atoms with E-state index >= 15 is 0 Å². The molecule has 140 valence electrons. The van der Waals surface area contributed by atoms with Gasteiger partial charge in [-0.3, -0.25) is 4.57 Å². The number of nitrogens with zero attached hydrogens (tertiary/aromatic N) is 6. The topological polar surface area (TPSA) is 110 Å². The van der Waals surface area contributed by atoms with E-state index in [9.17, 15) is 10.1 Å². The molecule has 10 nitrogen and oxygen atoms in total. The maximum Gasteiger partial charge on any atom is 0.415 e. The van der Waals surface area contributed by atoms with Crippen LogP contribution in [0.15, 0.2) is 36.7 Å². The molecule has 0 spiro atoms. The molecule has 3 aromatic rings. The Labute approximate surface area is 158 Å². The molecule has 0 aliphatic carbocycles. The van der Waals surface area contributed by atoms with Gasteiger partial charge in [0.1, 0.15) is 29.8 Å². The standard InChI is InChI=1S/C16H15ClN6O4/c1-16(9-21-7-14(23(24)25)18-15(21)27-16)10-22-6-12(19-20-22)8-26-13-4-2-3-11(17)5-13/h2-7H,8-10H2,1H3/t16-/m1/s1. The summed E-state index contributed by atoms with van der Waals surface area (Å²) < 4.78 is 14.7.